The zero-order valence-corrected chi connectivity index (χ0v) is 17.9. The maximum atomic E-state index is 12.5. The average Bonchev–Trinajstić information content (AvgIpc) is 3.27. The molecule has 1 aliphatic heterocycles. The molecule has 1 fully saturated rings. The molecule has 1 N–H and O–H groups in total. The Labute approximate surface area is 181 Å². The number of nitrogens with zero attached hydrogens (tertiary/aromatic N) is 4. The van der Waals surface area contributed by atoms with E-state index in [2.05, 4.69) is 25.3 Å². The first kappa shape index (κ1) is 20.8. The van der Waals surface area contributed by atoms with Gasteiger partial charge < -0.3 is 19.5 Å². The number of anilines is 1. The molecule has 1 aromatic carbocycles. The summed E-state index contributed by atoms with van der Waals surface area (Å²) in [6, 6.07) is 9.43. The molecule has 8 nitrogen and oxygen atoms in total. The van der Waals surface area contributed by atoms with Crippen molar-refractivity contribution in [3.05, 3.63) is 65.3 Å². The van der Waals surface area contributed by atoms with Gasteiger partial charge in [0.2, 0.25) is 5.95 Å². The van der Waals surface area contributed by atoms with Crippen molar-refractivity contribution in [2.75, 3.05) is 24.5 Å². The maximum absolute atomic E-state index is 12.5. The second-order valence-electron chi connectivity index (χ2n) is 7.90. The molecular weight excluding hydrogens is 394 g/mol. The molecule has 0 aliphatic carbocycles. The van der Waals surface area contributed by atoms with Gasteiger partial charge in [-0.1, -0.05) is 23.4 Å². The summed E-state index contributed by atoms with van der Waals surface area (Å²) in [5.41, 5.74) is 2.37. The number of ether oxygens (including phenoxy) is 1. The summed E-state index contributed by atoms with van der Waals surface area (Å²) in [7, 11) is 0. The SMILES string of the molecule is Cc1cccc(C)c1OCc1cc(C(=O)NCC2CCCN(c3ncccn3)C2)no1. The number of carbonyl (C=O) groups excluding carboxylic acids is 1. The maximum Gasteiger partial charge on any atom is 0.273 e. The highest BCUT2D eigenvalue weighted by Gasteiger charge is 2.23. The van der Waals surface area contributed by atoms with Gasteiger partial charge in [-0.15, -0.1) is 0 Å². The van der Waals surface area contributed by atoms with Crippen LogP contribution in [-0.2, 0) is 6.61 Å². The van der Waals surface area contributed by atoms with E-state index in [1.807, 2.05) is 38.1 Å². The Balaban J connectivity index is 1.28. The molecule has 1 saturated heterocycles. The van der Waals surface area contributed by atoms with Crippen molar-refractivity contribution in [2.45, 2.75) is 33.3 Å². The van der Waals surface area contributed by atoms with Crippen LogP contribution in [0.5, 0.6) is 5.75 Å². The highest BCUT2D eigenvalue weighted by molar-refractivity contribution is 5.92. The van der Waals surface area contributed by atoms with Crippen LogP contribution in [0.1, 0.15) is 40.2 Å². The van der Waals surface area contributed by atoms with Crippen LogP contribution >= 0.6 is 0 Å². The molecule has 1 aliphatic rings. The Morgan fingerprint density at radius 1 is 1.23 bits per heavy atom. The quantitative estimate of drug-likeness (QED) is 0.625. The van der Waals surface area contributed by atoms with Gasteiger partial charge in [0.05, 0.1) is 0 Å². The Morgan fingerprint density at radius 2 is 2.00 bits per heavy atom. The summed E-state index contributed by atoms with van der Waals surface area (Å²) in [4.78, 5) is 23.3. The number of para-hydroxylation sites is 1. The van der Waals surface area contributed by atoms with Gasteiger partial charge in [-0.2, -0.15) is 0 Å². The smallest absolute Gasteiger partial charge is 0.273 e. The van der Waals surface area contributed by atoms with Crippen LogP contribution in [0.4, 0.5) is 5.95 Å². The summed E-state index contributed by atoms with van der Waals surface area (Å²) in [6.45, 7) is 6.54. The Morgan fingerprint density at radius 3 is 2.77 bits per heavy atom. The molecule has 3 aromatic rings. The number of rotatable bonds is 7. The molecule has 1 unspecified atom stereocenters. The number of benzene rings is 1. The fourth-order valence-electron chi connectivity index (χ4n) is 3.85. The molecule has 162 valence electrons. The van der Waals surface area contributed by atoms with E-state index in [0.717, 1.165) is 48.8 Å². The molecular formula is C23H27N5O3. The van der Waals surface area contributed by atoms with Gasteiger partial charge in [0.25, 0.3) is 5.91 Å². The highest BCUT2D eigenvalue weighted by atomic mass is 16.5. The molecule has 4 rings (SSSR count). The third-order valence-corrected chi connectivity index (χ3v) is 5.46. The minimum absolute atomic E-state index is 0.223. The summed E-state index contributed by atoms with van der Waals surface area (Å²) in [6.07, 6.45) is 5.60. The number of aromatic nitrogens is 3. The lowest BCUT2D eigenvalue weighted by atomic mass is 9.98. The standard InChI is InChI=1S/C23H27N5O3/c1-16-6-3-7-17(2)21(16)30-15-19-12-20(27-31-19)22(29)26-13-18-8-4-11-28(14-18)23-24-9-5-10-25-23/h3,5-7,9-10,12,18H,4,8,11,13-15H2,1-2H3,(H,26,29). The van der Waals surface area contributed by atoms with E-state index in [4.69, 9.17) is 9.26 Å². The number of amides is 1. The Kier molecular flexibility index (Phi) is 6.45. The van der Waals surface area contributed by atoms with E-state index in [9.17, 15) is 4.79 Å². The van der Waals surface area contributed by atoms with Crippen LogP contribution in [-0.4, -0.2) is 40.7 Å². The van der Waals surface area contributed by atoms with E-state index < -0.39 is 0 Å². The third kappa shape index (κ3) is 5.20. The van der Waals surface area contributed by atoms with Crippen molar-refractivity contribution in [1.29, 1.82) is 0 Å². The van der Waals surface area contributed by atoms with E-state index in [-0.39, 0.29) is 18.2 Å². The monoisotopic (exact) mass is 421 g/mol. The number of carbonyl (C=O) groups is 1. The van der Waals surface area contributed by atoms with Gasteiger partial charge in [0.1, 0.15) is 12.4 Å². The van der Waals surface area contributed by atoms with Crippen molar-refractivity contribution >= 4 is 11.9 Å². The normalized spacial score (nSPS) is 16.2. The van der Waals surface area contributed by atoms with Gasteiger partial charge in [-0.05, 0) is 49.8 Å². The van der Waals surface area contributed by atoms with Crippen molar-refractivity contribution in [3.8, 4) is 5.75 Å². The van der Waals surface area contributed by atoms with Crippen LogP contribution in [0.2, 0.25) is 0 Å². The molecule has 0 radical (unpaired) electrons. The van der Waals surface area contributed by atoms with Crippen molar-refractivity contribution in [1.82, 2.24) is 20.4 Å². The van der Waals surface area contributed by atoms with Crippen molar-refractivity contribution in [3.63, 3.8) is 0 Å². The van der Waals surface area contributed by atoms with E-state index in [0.29, 0.717) is 18.2 Å². The number of aryl methyl sites for hydroxylation is 2. The Bertz CT molecular complexity index is 1000. The molecule has 0 saturated carbocycles. The minimum atomic E-state index is -0.241. The fraction of sp³-hybridized carbons (Fsp3) is 0.391. The Hall–Kier alpha value is -3.42. The van der Waals surface area contributed by atoms with Crippen molar-refractivity contribution in [2.24, 2.45) is 5.92 Å². The van der Waals surface area contributed by atoms with E-state index in [1.54, 1.807) is 18.5 Å². The molecule has 1 atom stereocenters. The summed E-state index contributed by atoms with van der Waals surface area (Å²) < 4.78 is 11.2. The van der Waals surface area contributed by atoms with Crippen LogP contribution in [0.3, 0.4) is 0 Å². The molecule has 0 spiro atoms. The summed E-state index contributed by atoms with van der Waals surface area (Å²) in [5, 5.41) is 6.88. The molecule has 2 aromatic heterocycles. The number of hydrogen-bond acceptors (Lipinski definition) is 7. The van der Waals surface area contributed by atoms with E-state index >= 15 is 0 Å². The second kappa shape index (κ2) is 9.59. The molecule has 0 bridgehead atoms. The highest BCUT2D eigenvalue weighted by Crippen LogP contribution is 2.23. The van der Waals surface area contributed by atoms with Gasteiger partial charge in [0.15, 0.2) is 11.5 Å². The molecule has 1 amide bonds. The third-order valence-electron chi connectivity index (χ3n) is 5.46. The molecule has 3 heterocycles. The van der Waals surface area contributed by atoms with Gasteiger partial charge in [0, 0.05) is 38.1 Å². The lowest BCUT2D eigenvalue weighted by molar-refractivity contribution is 0.0936. The first-order valence-corrected chi connectivity index (χ1v) is 10.5. The predicted octanol–water partition coefficient (Wildman–Crippen LogP) is 3.31. The number of piperidine rings is 1. The molecule has 8 heteroatoms. The lowest BCUT2D eigenvalue weighted by Gasteiger charge is -2.32. The topological polar surface area (TPSA) is 93.4 Å². The van der Waals surface area contributed by atoms with Gasteiger partial charge in [-0.25, -0.2) is 9.97 Å². The zero-order chi connectivity index (χ0) is 21.6. The predicted molar refractivity (Wildman–Crippen MR) is 116 cm³/mol. The van der Waals surface area contributed by atoms with Crippen molar-refractivity contribution < 1.29 is 14.1 Å². The summed E-state index contributed by atoms with van der Waals surface area (Å²) in [5.74, 6) is 2.17. The van der Waals surface area contributed by atoms with Crippen LogP contribution < -0.4 is 15.0 Å². The first-order valence-electron chi connectivity index (χ1n) is 10.5. The average molecular weight is 422 g/mol. The lowest BCUT2D eigenvalue weighted by Crippen LogP contribution is -2.41. The first-order chi connectivity index (χ1) is 15.1. The largest absolute Gasteiger partial charge is 0.485 e. The van der Waals surface area contributed by atoms with E-state index in [1.165, 1.54) is 0 Å². The summed E-state index contributed by atoms with van der Waals surface area (Å²) >= 11 is 0. The fourth-order valence-corrected chi connectivity index (χ4v) is 3.85. The van der Waals surface area contributed by atoms with Crippen LogP contribution in [0.15, 0.2) is 47.2 Å². The van der Waals surface area contributed by atoms with Crippen LogP contribution in [0.25, 0.3) is 0 Å². The van der Waals surface area contributed by atoms with Gasteiger partial charge >= 0.3 is 0 Å². The van der Waals surface area contributed by atoms with Gasteiger partial charge in [-0.3, -0.25) is 4.79 Å². The second-order valence-corrected chi connectivity index (χ2v) is 7.90. The molecule has 31 heavy (non-hydrogen) atoms. The zero-order valence-electron chi connectivity index (χ0n) is 17.9. The van der Waals surface area contributed by atoms with Crippen LogP contribution in [0, 0.1) is 19.8 Å². The number of nitrogens with one attached hydrogen (secondary N) is 1. The number of hydrogen-bond donors (Lipinski definition) is 1. The minimum Gasteiger partial charge on any atom is -0.485 e.